The molecule has 0 saturated carbocycles. The number of aliphatic hydroxyl groups excluding tert-OH is 1. The van der Waals surface area contributed by atoms with Crippen LogP contribution in [0.2, 0.25) is 0 Å². The number of para-hydroxylation sites is 1. The third kappa shape index (κ3) is 5.28. The number of alkyl halides is 3. The molecule has 5 rings (SSSR count). The van der Waals surface area contributed by atoms with Crippen molar-refractivity contribution in [3.8, 4) is 5.75 Å². The number of fused-ring (bicyclic) bond motifs is 2. The number of rotatable bonds is 8. The van der Waals surface area contributed by atoms with Gasteiger partial charge in [0.1, 0.15) is 5.75 Å². The summed E-state index contributed by atoms with van der Waals surface area (Å²) in [5.41, 5.74) is 2.25. The van der Waals surface area contributed by atoms with Crippen LogP contribution in [0.25, 0.3) is 11.0 Å². The maximum Gasteiger partial charge on any atom is 0.449 e. The highest BCUT2D eigenvalue weighted by Gasteiger charge is 2.38. The van der Waals surface area contributed by atoms with E-state index in [0.717, 1.165) is 10.1 Å². The van der Waals surface area contributed by atoms with Crippen LogP contribution in [-0.2, 0) is 29.0 Å². The topological polar surface area (TPSA) is 111 Å². The SMILES string of the molecule is CCS(=O)(=O)c1ccc(C(CO)NC(=O)c2ccc3c(c2)nc(C(F)(F)F)n3Cc2cccc3c2OCC3)cc1. The molecule has 1 aliphatic rings. The molecule has 0 bridgehead atoms. The van der Waals surface area contributed by atoms with Crippen molar-refractivity contribution in [1.82, 2.24) is 14.9 Å². The molecule has 1 aromatic heterocycles. The largest absolute Gasteiger partial charge is 0.493 e. The molecule has 3 aromatic carbocycles. The van der Waals surface area contributed by atoms with E-state index in [1.54, 1.807) is 12.1 Å². The number of hydrogen-bond donors (Lipinski definition) is 2. The summed E-state index contributed by atoms with van der Waals surface area (Å²) < 4.78 is 72.8. The molecule has 0 spiro atoms. The van der Waals surface area contributed by atoms with E-state index in [4.69, 9.17) is 4.74 Å². The lowest BCUT2D eigenvalue weighted by Gasteiger charge is -2.17. The predicted octanol–water partition coefficient (Wildman–Crippen LogP) is 4.30. The van der Waals surface area contributed by atoms with Crippen LogP contribution in [0.15, 0.2) is 65.6 Å². The first-order chi connectivity index (χ1) is 19.0. The van der Waals surface area contributed by atoms with Gasteiger partial charge >= 0.3 is 6.18 Å². The number of nitrogens with zero attached hydrogens (tertiary/aromatic N) is 2. The molecule has 1 unspecified atom stereocenters. The maximum atomic E-state index is 14.0. The fourth-order valence-electron chi connectivity index (χ4n) is 4.78. The van der Waals surface area contributed by atoms with Gasteiger partial charge in [-0.05, 0) is 41.5 Å². The predicted molar refractivity (Wildman–Crippen MR) is 141 cm³/mol. The molecule has 2 N–H and O–H groups in total. The molecule has 8 nitrogen and oxygen atoms in total. The number of sulfone groups is 1. The Morgan fingerprint density at radius 3 is 2.58 bits per heavy atom. The molecule has 2 heterocycles. The zero-order chi connectivity index (χ0) is 28.7. The van der Waals surface area contributed by atoms with E-state index in [2.05, 4.69) is 10.3 Å². The van der Waals surface area contributed by atoms with Gasteiger partial charge in [-0.2, -0.15) is 13.2 Å². The third-order valence-corrected chi connectivity index (χ3v) is 8.65. The van der Waals surface area contributed by atoms with Crippen molar-refractivity contribution < 1.29 is 36.2 Å². The van der Waals surface area contributed by atoms with E-state index < -0.39 is 40.4 Å². The second-order valence-electron chi connectivity index (χ2n) is 9.41. The molecule has 40 heavy (non-hydrogen) atoms. The molecule has 0 radical (unpaired) electrons. The first-order valence-corrected chi connectivity index (χ1v) is 14.2. The average molecular weight is 574 g/mol. The van der Waals surface area contributed by atoms with E-state index in [-0.39, 0.29) is 33.8 Å². The quantitative estimate of drug-likeness (QED) is 0.325. The van der Waals surface area contributed by atoms with Gasteiger partial charge in [0, 0.05) is 17.5 Å². The van der Waals surface area contributed by atoms with Gasteiger partial charge in [0.25, 0.3) is 5.91 Å². The van der Waals surface area contributed by atoms with Crippen LogP contribution in [0.3, 0.4) is 0 Å². The molecule has 4 aromatic rings. The number of benzene rings is 3. The molecule has 0 saturated heterocycles. The Bertz CT molecular complexity index is 1680. The Morgan fingerprint density at radius 2 is 1.90 bits per heavy atom. The summed E-state index contributed by atoms with van der Waals surface area (Å²) in [4.78, 5) is 17.0. The van der Waals surface area contributed by atoms with Crippen molar-refractivity contribution >= 4 is 26.8 Å². The molecule has 12 heteroatoms. The third-order valence-electron chi connectivity index (χ3n) is 6.90. The second-order valence-corrected chi connectivity index (χ2v) is 11.7. The van der Waals surface area contributed by atoms with Gasteiger partial charge < -0.3 is 19.7 Å². The van der Waals surface area contributed by atoms with E-state index in [1.807, 2.05) is 6.07 Å². The van der Waals surface area contributed by atoms with Crippen LogP contribution in [0.4, 0.5) is 13.2 Å². The molecule has 210 valence electrons. The zero-order valence-corrected chi connectivity index (χ0v) is 22.2. The van der Waals surface area contributed by atoms with Crippen LogP contribution in [0.5, 0.6) is 5.75 Å². The monoisotopic (exact) mass is 573 g/mol. The van der Waals surface area contributed by atoms with Gasteiger partial charge in [0.15, 0.2) is 9.84 Å². The van der Waals surface area contributed by atoms with Crippen molar-refractivity contribution in [2.75, 3.05) is 19.0 Å². The van der Waals surface area contributed by atoms with Gasteiger partial charge in [0.2, 0.25) is 5.82 Å². The average Bonchev–Trinajstić information content (AvgIpc) is 3.57. The Morgan fingerprint density at radius 1 is 1.15 bits per heavy atom. The Labute approximate surface area is 228 Å². The summed E-state index contributed by atoms with van der Waals surface area (Å²) in [6.07, 6.45) is -4.05. The van der Waals surface area contributed by atoms with Gasteiger partial charge in [-0.15, -0.1) is 0 Å². The number of aliphatic hydroxyl groups is 1. The first-order valence-electron chi connectivity index (χ1n) is 12.6. The minimum Gasteiger partial charge on any atom is -0.493 e. The number of nitrogens with one attached hydrogen (secondary N) is 1. The lowest BCUT2D eigenvalue weighted by atomic mass is 10.1. The standard InChI is InChI=1S/C28H26F3N3O5S/c1-2-40(37,38)21-9-6-17(7-10-21)23(16-35)32-26(36)19-8-11-24-22(14-19)33-27(28(29,30)31)34(24)15-20-5-3-4-18-12-13-39-25(18)20/h3-11,14,23,35H,2,12-13,15-16H2,1H3,(H,32,36). The number of amides is 1. The highest BCUT2D eigenvalue weighted by Crippen LogP contribution is 2.35. The highest BCUT2D eigenvalue weighted by atomic mass is 32.2. The number of carbonyl (C=O) groups excluding carboxylic acids is 1. The van der Waals surface area contributed by atoms with E-state index in [0.29, 0.717) is 29.9 Å². The van der Waals surface area contributed by atoms with Gasteiger partial charge in [-0.25, -0.2) is 13.4 Å². The number of hydrogen-bond acceptors (Lipinski definition) is 6. The highest BCUT2D eigenvalue weighted by molar-refractivity contribution is 7.91. The summed E-state index contributed by atoms with van der Waals surface area (Å²) in [6, 6.07) is 14.4. The lowest BCUT2D eigenvalue weighted by Crippen LogP contribution is -2.30. The van der Waals surface area contributed by atoms with Crippen molar-refractivity contribution in [2.24, 2.45) is 0 Å². The number of carbonyl (C=O) groups is 1. The molecular weight excluding hydrogens is 547 g/mol. The summed E-state index contributed by atoms with van der Waals surface area (Å²) in [5.74, 6) is -1.21. The molecule has 0 aliphatic carbocycles. The Hall–Kier alpha value is -3.90. The number of halogens is 3. The van der Waals surface area contributed by atoms with E-state index in [9.17, 15) is 31.5 Å². The Balaban J connectivity index is 1.43. The van der Waals surface area contributed by atoms with E-state index >= 15 is 0 Å². The van der Waals surface area contributed by atoms with Crippen LogP contribution >= 0.6 is 0 Å². The number of aromatic nitrogens is 2. The molecule has 1 amide bonds. The van der Waals surface area contributed by atoms with Crippen molar-refractivity contribution in [1.29, 1.82) is 0 Å². The van der Waals surface area contributed by atoms with Gasteiger partial charge in [0.05, 0.1) is 47.5 Å². The normalized spacial score (nSPS) is 14.1. The molecule has 1 atom stereocenters. The zero-order valence-electron chi connectivity index (χ0n) is 21.4. The summed E-state index contributed by atoms with van der Waals surface area (Å²) in [6.45, 7) is 1.40. The fraction of sp³-hybridized carbons (Fsp3) is 0.286. The van der Waals surface area contributed by atoms with Crippen LogP contribution in [-0.4, -0.2) is 47.9 Å². The number of ether oxygens (including phenoxy) is 1. The minimum atomic E-state index is -4.74. The smallest absolute Gasteiger partial charge is 0.449 e. The fourth-order valence-corrected chi connectivity index (χ4v) is 5.66. The molecular formula is C28H26F3N3O5S. The van der Waals surface area contributed by atoms with Gasteiger partial charge in [-0.1, -0.05) is 37.3 Å². The van der Waals surface area contributed by atoms with Crippen molar-refractivity contribution in [3.05, 3.63) is 88.7 Å². The van der Waals surface area contributed by atoms with Crippen molar-refractivity contribution in [3.63, 3.8) is 0 Å². The van der Waals surface area contributed by atoms with Crippen molar-refractivity contribution in [2.45, 2.75) is 37.0 Å². The minimum absolute atomic E-state index is 0.0110. The number of imidazole rings is 1. The van der Waals surface area contributed by atoms with Gasteiger partial charge in [-0.3, -0.25) is 4.79 Å². The molecule has 1 aliphatic heterocycles. The van der Waals surface area contributed by atoms with Crippen LogP contribution < -0.4 is 10.1 Å². The van der Waals surface area contributed by atoms with Crippen LogP contribution in [0.1, 0.15) is 45.8 Å². The summed E-state index contributed by atoms with van der Waals surface area (Å²) in [5, 5.41) is 12.5. The van der Waals surface area contributed by atoms with Crippen LogP contribution in [0, 0.1) is 0 Å². The second kappa shape index (κ2) is 10.6. The summed E-state index contributed by atoms with van der Waals surface area (Å²) >= 11 is 0. The first kappa shape index (κ1) is 27.7. The summed E-state index contributed by atoms with van der Waals surface area (Å²) in [7, 11) is -3.42. The van der Waals surface area contributed by atoms with E-state index in [1.165, 1.54) is 49.4 Å². The maximum absolute atomic E-state index is 14.0. The lowest BCUT2D eigenvalue weighted by molar-refractivity contribution is -0.146. The molecule has 0 fully saturated rings. The Kier molecular flexibility index (Phi) is 7.32.